The van der Waals surface area contributed by atoms with Gasteiger partial charge in [-0.25, -0.2) is 0 Å². The van der Waals surface area contributed by atoms with Gasteiger partial charge in [0.1, 0.15) is 0 Å². The molecule has 2 nitrogen and oxygen atoms in total. The lowest BCUT2D eigenvalue weighted by molar-refractivity contribution is 0.300. The lowest BCUT2D eigenvalue weighted by Crippen LogP contribution is -1.89. The van der Waals surface area contributed by atoms with Crippen LogP contribution in [-0.2, 0) is 19.9 Å². The molecule has 1 aromatic carbocycles. The molecule has 15 heavy (non-hydrogen) atoms. The van der Waals surface area contributed by atoms with Gasteiger partial charge in [0.15, 0.2) is 0 Å². The van der Waals surface area contributed by atoms with Gasteiger partial charge in [-0.2, -0.15) is 0 Å². The molecule has 0 saturated carbocycles. The normalized spacial score (nSPS) is 11.1. The average Bonchev–Trinajstić information content (AvgIpc) is 2.57. The molecule has 1 aromatic heterocycles. The molecular formula is C13H17NO. The first kappa shape index (κ1) is 10.2. The quantitative estimate of drug-likeness (QED) is 0.813. The Morgan fingerprint density at radius 2 is 2.07 bits per heavy atom. The highest BCUT2D eigenvalue weighted by atomic mass is 16.2. The molecule has 0 spiro atoms. The molecule has 0 saturated heterocycles. The van der Waals surface area contributed by atoms with E-state index in [0.717, 1.165) is 12.8 Å². The Morgan fingerprint density at radius 3 is 2.73 bits per heavy atom. The van der Waals surface area contributed by atoms with Gasteiger partial charge in [0, 0.05) is 25.2 Å². The number of rotatable bonds is 3. The van der Waals surface area contributed by atoms with Gasteiger partial charge in [0.05, 0.1) is 5.52 Å². The van der Waals surface area contributed by atoms with Crippen LogP contribution >= 0.6 is 0 Å². The molecule has 0 aliphatic heterocycles. The van der Waals surface area contributed by atoms with Gasteiger partial charge in [0.2, 0.25) is 0 Å². The highest BCUT2D eigenvalue weighted by Crippen LogP contribution is 2.24. The van der Waals surface area contributed by atoms with Gasteiger partial charge in [-0.15, -0.1) is 0 Å². The molecule has 0 fully saturated rings. The lowest BCUT2D eigenvalue weighted by Gasteiger charge is -2.02. The van der Waals surface area contributed by atoms with Crippen molar-refractivity contribution in [3.63, 3.8) is 0 Å². The summed E-state index contributed by atoms with van der Waals surface area (Å²) < 4.78 is 2.17. The fourth-order valence-corrected chi connectivity index (χ4v) is 2.24. The molecule has 2 aromatic rings. The maximum atomic E-state index is 9.01. The minimum Gasteiger partial charge on any atom is -0.396 e. The van der Waals surface area contributed by atoms with Crippen LogP contribution < -0.4 is 0 Å². The maximum Gasteiger partial charge on any atom is 0.0512 e. The van der Waals surface area contributed by atoms with Gasteiger partial charge in [-0.3, -0.25) is 0 Å². The summed E-state index contributed by atoms with van der Waals surface area (Å²) in [4.78, 5) is 0. The third-order valence-corrected chi connectivity index (χ3v) is 2.93. The van der Waals surface area contributed by atoms with Gasteiger partial charge in [-0.1, -0.05) is 25.1 Å². The topological polar surface area (TPSA) is 25.2 Å². The number of aromatic nitrogens is 1. The Morgan fingerprint density at radius 1 is 1.27 bits per heavy atom. The molecule has 0 radical (unpaired) electrons. The first-order valence-corrected chi connectivity index (χ1v) is 5.44. The van der Waals surface area contributed by atoms with Crippen LogP contribution in [0.15, 0.2) is 24.4 Å². The summed E-state index contributed by atoms with van der Waals surface area (Å²) in [7, 11) is 2.07. The molecule has 0 aliphatic carbocycles. The predicted octanol–water partition coefficient (Wildman–Crippen LogP) is 2.28. The summed E-state index contributed by atoms with van der Waals surface area (Å²) in [5.74, 6) is 0. The van der Waals surface area contributed by atoms with E-state index in [9.17, 15) is 0 Å². The van der Waals surface area contributed by atoms with Crippen LogP contribution in [0.5, 0.6) is 0 Å². The highest BCUT2D eigenvalue weighted by molar-refractivity contribution is 5.86. The zero-order valence-corrected chi connectivity index (χ0v) is 9.33. The Kier molecular flexibility index (Phi) is 2.78. The van der Waals surface area contributed by atoms with Crippen molar-refractivity contribution in [2.75, 3.05) is 6.61 Å². The zero-order valence-electron chi connectivity index (χ0n) is 9.33. The standard InChI is InChI=1S/C13H17NO/c1-3-10-5-4-6-12-11(7-8-15)9-14(2)13(10)12/h4-6,9,15H,3,7-8H2,1-2H3. The van der Waals surface area contributed by atoms with Gasteiger partial charge >= 0.3 is 0 Å². The van der Waals surface area contributed by atoms with Crippen LogP contribution in [0.25, 0.3) is 10.9 Å². The number of nitrogens with zero attached hydrogens (tertiary/aromatic N) is 1. The average molecular weight is 203 g/mol. The van der Waals surface area contributed by atoms with E-state index in [1.807, 2.05) is 0 Å². The Labute approximate surface area is 90.2 Å². The zero-order chi connectivity index (χ0) is 10.8. The second-order valence-corrected chi connectivity index (χ2v) is 3.91. The minimum absolute atomic E-state index is 0.218. The number of benzene rings is 1. The number of fused-ring (bicyclic) bond motifs is 1. The summed E-state index contributed by atoms with van der Waals surface area (Å²) in [5, 5.41) is 10.3. The van der Waals surface area contributed by atoms with Crippen LogP contribution in [0.1, 0.15) is 18.1 Å². The predicted molar refractivity (Wildman–Crippen MR) is 63.1 cm³/mol. The fourth-order valence-electron chi connectivity index (χ4n) is 2.24. The number of hydrogen-bond acceptors (Lipinski definition) is 1. The van der Waals surface area contributed by atoms with Crippen LogP contribution in [-0.4, -0.2) is 16.3 Å². The second kappa shape index (κ2) is 4.07. The van der Waals surface area contributed by atoms with Gasteiger partial charge in [-0.05, 0) is 24.0 Å². The van der Waals surface area contributed by atoms with Crippen LogP contribution in [0, 0.1) is 0 Å². The first-order chi connectivity index (χ1) is 7.27. The van der Waals surface area contributed by atoms with Crippen molar-refractivity contribution in [3.8, 4) is 0 Å². The van der Waals surface area contributed by atoms with E-state index in [1.165, 1.54) is 22.0 Å². The van der Waals surface area contributed by atoms with E-state index >= 15 is 0 Å². The monoisotopic (exact) mass is 203 g/mol. The molecule has 2 heteroatoms. The SMILES string of the molecule is CCc1cccc2c(CCO)cn(C)c12. The van der Waals surface area contributed by atoms with E-state index in [4.69, 9.17) is 5.11 Å². The molecular weight excluding hydrogens is 186 g/mol. The number of para-hydroxylation sites is 1. The number of aliphatic hydroxyl groups excluding tert-OH is 1. The molecule has 2 rings (SSSR count). The van der Waals surface area contributed by atoms with E-state index in [-0.39, 0.29) is 6.61 Å². The molecule has 1 N–H and O–H groups in total. The van der Waals surface area contributed by atoms with Crippen molar-refractivity contribution in [3.05, 3.63) is 35.5 Å². The number of aryl methyl sites for hydroxylation is 2. The van der Waals surface area contributed by atoms with E-state index in [0.29, 0.717) is 0 Å². The van der Waals surface area contributed by atoms with Gasteiger partial charge in [0.25, 0.3) is 0 Å². The van der Waals surface area contributed by atoms with E-state index in [1.54, 1.807) is 0 Å². The van der Waals surface area contributed by atoms with Crippen molar-refractivity contribution in [1.29, 1.82) is 0 Å². The number of aliphatic hydroxyl groups is 1. The lowest BCUT2D eigenvalue weighted by atomic mass is 10.1. The summed E-state index contributed by atoms with van der Waals surface area (Å²) in [6.45, 7) is 2.39. The molecule has 0 amide bonds. The fraction of sp³-hybridized carbons (Fsp3) is 0.385. The Bertz CT molecular complexity index is 471. The highest BCUT2D eigenvalue weighted by Gasteiger charge is 2.08. The molecule has 0 bridgehead atoms. The number of hydrogen-bond donors (Lipinski definition) is 1. The Hall–Kier alpha value is -1.28. The van der Waals surface area contributed by atoms with Crippen molar-refractivity contribution in [2.24, 2.45) is 7.05 Å². The third kappa shape index (κ3) is 1.65. The smallest absolute Gasteiger partial charge is 0.0512 e. The summed E-state index contributed by atoms with van der Waals surface area (Å²) >= 11 is 0. The summed E-state index contributed by atoms with van der Waals surface area (Å²) in [6, 6.07) is 6.41. The molecule has 0 atom stereocenters. The second-order valence-electron chi connectivity index (χ2n) is 3.91. The van der Waals surface area contributed by atoms with Crippen molar-refractivity contribution < 1.29 is 5.11 Å². The first-order valence-electron chi connectivity index (χ1n) is 5.44. The van der Waals surface area contributed by atoms with Crippen molar-refractivity contribution in [1.82, 2.24) is 4.57 Å². The molecule has 0 aliphatic rings. The molecule has 1 heterocycles. The Balaban J connectivity index is 2.68. The van der Waals surface area contributed by atoms with Crippen molar-refractivity contribution in [2.45, 2.75) is 19.8 Å². The largest absolute Gasteiger partial charge is 0.396 e. The van der Waals surface area contributed by atoms with Crippen LogP contribution in [0.3, 0.4) is 0 Å². The molecule has 0 unspecified atom stereocenters. The maximum absolute atomic E-state index is 9.01. The van der Waals surface area contributed by atoms with Crippen molar-refractivity contribution >= 4 is 10.9 Å². The van der Waals surface area contributed by atoms with E-state index in [2.05, 4.69) is 42.9 Å². The van der Waals surface area contributed by atoms with Crippen LogP contribution in [0.2, 0.25) is 0 Å². The third-order valence-electron chi connectivity index (χ3n) is 2.93. The minimum atomic E-state index is 0.218. The van der Waals surface area contributed by atoms with Gasteiger partial charge < -0.3 is 9.67 Å². The summed E-state index contributed by atoms with van der Waals surface area (Å²) in [5.41, 5.74) is 3.92. The van der Waals surface area contributed by atoms with Crippen LogP contribution in [0.4, 0.5) is 0 Å². The molecule has 80 valence electrons. The van der Waals surface area contributed by atoms with E-state index < -0.39 is 0 Å². The summed E-state index contributed by atoms with van der Waals surface area (Å²) in [6.07, 6.45) is 3.91.